The molecule has 0 unspecified atom stereocenters. The molecular weight excluding hydrogens is 278 g/mol. The standard InChI is InChI=1S/C13H13N3O5/c17-12(18)10-3-1-2-6-15(10)13-14-9-7-8(16(19)20)4-5-11(9)21-13/h4-5,7,10H,1-3,6H2,(H,17,18)/t10-/m1/s1. The molecule has 0 saturated carbocycles. The molecule has 1 saturated heterocycles. The largest absolute Gasteiger partial charge is 0.480 e. The van der Waals surface area contributed by atoms with E-state index in [9.17, 15) is 20.0 Å². The Hall–Kier alpha value is -2.64. The lowest BCUT2D eigenvalue weighted by molar-refractivity contribution is -0.384. The monoisotopic (exact) mass is 291 g/mol. The maximum atomic E-state index is 11.3. The summed E-state index contributed by atoms with van der Waals surface area (Å²) in [5.41, 5.74) is 0.690. The number of nitrogens with zero attached hydrogens (tertiary/aromatic N) is 3. The van der Waals surface area contributed by atoms with E-state index in [1.807, 2.05) is 0 Å². The van der Waals surface area contributed by atoms with E-state index in [1.54, 1.807) is 4.90 Å². The fourth-order valence-electron chi connectivity index (χ4n) is 2.56. The second kappa shape index (κ2) is 5.04. The molecule has 2 heterocycles. The maximum Gasteiger partial charge on any atom is 0.326 e. The quantitative estimate of drug-likeness (QED) is 0.681. The first-order chi connectivity index (χ1) is 10.1. The maximum absolute atomic E-state index is 11.3. The van der Waals surface area contributed by atoms with Crippen LogP contribution in [-0.2, 0) is 4.79 Å². The fraction of sp³-hybridized carbons (Fsp3) is 0.385. The average Bonchev–Trinajstić information content (AvgIpc) is 2.89. The molecule has 8 heteroatoms. The Labute approximate surface area is 119 Å². The number of benzene rings is 1. The number of aliphatic carboxylic acids is 1. The molecule has 1 aromatic carbocycles. The Morgan fingerprint density at radius 3 is 3.00 bits per heavy atom. The van der Waals surface area contributed by atoms with Crippen molar-refractivity contribution in [1.29, 1.82) is 0 Å². The van der Waals surface area contributed by atoms with Crippen LogP contribution in [0.2, 0.25) is 0 Å². The molecule has 8 nitrogen and oxygen atoms in total. The van der Waals surface area contributed by atoms with Crippen molar-refractivity contribution in [1.82, 2.24) is 4.98 Å². The number of nitro benzene ring substituents is 1. The van der Waals surface area contributed by atoms with Gasteiger partial charge in [0.1, 0.15) is 11.6 Å². The van der Waals surface area contributed by atoms with Crippen LogP contribution in [0.3, 0.4) is 0 Å². The smallest absolute Gasteiger partial charge is 0.326 e. The van der Waals surface area contributed by atoms with Crippen molar-refractivity contribution in [3.05, 3.63) is 28.3 Å². The van der Waals surface area contributed by atoms with Crippen LogP contribution in [-0.4, -0.2) is 33.6 Å². The minimum Gasteiger partial charge on any atom is -0.480 e. The highest BCUT2D eigenvalue weighted by Crippen LogP contribution is 2.29. The van der Waals surface area contributed by atoms with Gasteiger partial charge in [0.15, 0.2) is 5.58 Å². The van der Waals surface area contributed by atoms with Gasteiger partial charge in [-0.1, -0.05) is 0 Å². The zero-order valence-corrected chi connectivity index (χ0v) is 11.1. The molecule has 1 aliphatic heterocycles. The van der Waals surface area contributed by atoms with Gasteiger partial charge in [-0.2, -0.15) is 4.98 Å². The lowest BCUT2D eigenvalue weighted by Gasteiger charge is -2.31. The first kappa shape index (κ1) is 13.3. The number of nitro groups is 1. The first-order valence-corrected chi connectivity index (χ1v) is 6.60. The van der Waals surface area contributed by atoms with Crippen LogP contribution in [0.1, 0.15) is 19.3 Å². The zero-order valence-electron chi connectivity index (χ0n) is 11.1. The molecule has 3 rings (SSSR count). The van der Waals surface area contributed by atoms with E-state index >= 15 is 0 Å². The number of oxazole rings is 1. The van der Waals surface area contributed by atoms with Gasteiger partial charge in [0.05, 0.1) is 4.92 Å². The minimum absolute atomic E-state index is 0.0734. The summed E-state index contributed by atoms with van der Waals surface area (Å²) in [6, 6.07) is 3.67. The normalized spacial score (nSPS) is 18.9. The highest BCUT2D eigenvalue weighted by atomic mass is 16.6. The van der Waals surface area contributed by atoms with E-state index in [1.165, 1.54) is 18.2 Å². The fourth-order valence-corrected chi connectivity index (χ4v) is 2.56. The van der Waals surface area contributed by atoms with Gasteiger partial charge in [0.25, 0.3) is 11.7 Å². The summed E-state index contributed by atoms with van der Waals surface area (Å²) in [5.74, 6) is -0.914. The van der Waals surface area contributed by atoms with Crippen LogP contribution in [0.25, 0.3) is 11.1 Å². The van der Waals surface area contributed by atoms with Crippen LogP contribution in [0.5, 0.6) is 0 Å². The third-order valence-corrected chi connectivity index (χ3v) is 3.60. The molecule has 1 atom stereocenters. The Balaban J connectivity index is 1.99. The number of carboxylic acid groups (broad SMARTS) is 1. The number of hydrogen-bond donors (Lipinski definition) is 1. The highest BCUT2D eigenvalue weighted by Gasteiger charge is 2.31. The van der Waals surface area contributed by atoms with E-state index in [2.05, 4.69) is 4.98 Å². The molecule has 2 aromatic rings. The summed E-state index contributed by atoms with van der Waals surface area (Å²) in [7, 11) is 0. The Kier molecular flexibility index (Phi) is 3.20. The molecule has 110 valence electrons. The molecule has 21 heavy (non-hydrogen) atoms. The lowest BCUT2D eigenvalue weighted by Crippen LogP contribution is -2.44. The predicted octanol–water partition coefficient (Wildman–Crippen LogP) is 2.18. The van der Waals surface area contributed by atoms with E-state index in [-0.39, 0.29) is 11.7 Å². The molecular formula is C13H13N3O5. The molecule has 0 bridgehead atoms. The molecule has 1 N–H and O–H groups in total. The van der Waals surface area contributed by atoms with Gasteiger partial charge >= 0.3 is 5.97 Å². The van der Waals surface area contributed by atoms with Crippen molar-refractivity contribution in [3.63, 3.8) is 0 Å². The first-order valence-electron chi connectivity index (χ1n) is 6.60. The molecule has 1 aromatic heterocycles. The molecule has 1 fully saturated rings. The summed E-state index contributed by atoms with van der Waals surface area (Å²) in [6.45, 7) is 0.548. The van der Waals surface area contributed by atoms with Crippen LogP contribution in [0.15, 0.2) is 22.6 Å². The van der Waals surface area contributed by atoms with Gasteiger partial charge in [0, 0.05) is 18.7 Å². The van der Waals surface area contributed by atoms with E-state index in [0.29, 0.717) is 24.1 Å². The van der Waals surface area contributed by atoms with Gasteiger partial charge in [-0.05, 0) is 25.3 Å². The SMILES string of the molecule is O=C(O)[C@H]1CCCCN1c1nc2cc([N+](=O)[O-])ccc2o1. The number of fused-ring (bicyclic) bond motifs is 1. The summed E-state index contributed by atoms with van der Waals surface area (Å²) < 4.78 is 5.55. The third kappa shape index (κ3) is 2.39. The number of piperidine rings is 1. The number of anilines is 1. The van der Waals surface area contributed by atoms with Gasteiger partial charge in [-0.25, -0.2) is 4.79 Å². The summed E-state index contributed by atoms with van der Waals surface area (Å²) in [5, 5.41) is 20.0. The molecule has 0 aliphatic carbocycles. The van der Waals surface area contributed by atoms with Crippen molar-refractivity contribution in [2.24, 2.45) is 0 Å². The van der Waals surface area contributed by atoms with Crippen molar-refractivity contribution in [2.45, 2.75) is 25.3 Å². The lowest BCUT2D eigenvalue weighted by atomic mass is 10.0. The second-order valence-corrected chi connectivity index (χ2v) is 4.95. The summed E-state index contributed by atoms with van der Waals surface area (Å²) in [4.78, 5) is 27.4. The average molecular weight is 291 g/mol. The number of carboxylic acids is 1. The molecule has 0 spiro atoms. The highest BCUT2D eigenvalue weighted by molar-refractivity contribution is 5.80. The van der Waals surface area contributed by atoms with E-state index < -0.39 is 16.9 Å². The Bertz CT molecular complexity index is 711. The van der Waals surface area contributed by atoms with E-state index in [4.69, 9.17) is 4.42 Å². The zero-order chi connectivity index (χ0) is 15.0. The number of hydrogen-bond acceptors (Lipinski definition) is 6. The number of aromatic nitrogens is 1. The number of non-ortho nitro benzene ring substituents is 1. The van der Waals surface area contributed by atoms with Gasteiger partial charge in [-0.15, -0.1) is 0 Å². The van der Waals surface area contributed by atoms with Crippen molar-refractivity contribution < 1.29 is 19.2 Å². The van der Waals surface area contributed by atoms with Gasteiger partial charge in [-0.3, -0.25) is 10.1 Å². The van der Waals surface area contributed by atoms with Crippen molar-refractivity contribution in [3.8, 4) is 0 Å². The summed E-state index contributed by atoms with van der Waals surface area (Å²) in [6.07, 6.45) is 2.25. The van der Waals surface area contributed by atoms with Crippen molar-refractivity contribution in [2.75, 3.05) is 11.4 Å². The Morgan fingerprint density at radius 2 is 2.29 bits per heavy atom. The Morgan fingerprint density at radius 1 is 1.48 bits per heavy atom. The van der Waals surface area contributed by atoms with Crippen LogP contribution < -0.4 is 4.90 Å². The van der Waals surface area contributed by atoms with Crippen LogP contribution in [0, 0.1) is 10.1 Å². The minimum atomic E-state index is -0.914. The van der Waals surface area contributed by atoms with Crippen LogP contribution >= 0.6 is 0 Å². The topological polar surface area (TPSA) is 110 Å². The second-order valence-electron chi connectivity index (χ2n) is 4.95. The molecule has 0 amide bonds. The van der Waals surface area contributed by atoms with E-state index in [0.717, 1.165) is 12.8 Å². The molecule has 1 aliphatic rings. The van der Waals surface area contributed by atoms with Crippen LogP contribution in [0.4, 0.5) is 11.7 Å². The van der Waals surface area contributed by atoms with Gasteiger partial charge < -0.3 is 14.4 Å². The summed E-state index contributed by atoms with van der Waals surface area (Å²) >= 11 is 0. The molecule has 0 radical (unpaired) electrons. The number of carbonyl (C=O) groups is 1. The van der Waals surface area contributed by atoms with Crippen molar-refractivity contribution >= 4 is 28.8 Å². The third-order valence-electron chi connectivity index (χ3n) is 3.60. The number of rotatable bonds is 3. The predicted molar refractivity (Wildman–Crippen MR) is 73.3 cm³/mol. The van der Waals surface area contributed by atoms with Gasteiger partial charge in [0.2, 0.25) is 0 Å².